The predicted molar refractivity (Wildman–Crippen MR) is 53.6 cm³/mol. The molecule has 1 aliphatic rings. The minimum Gasteiger partial charge on any atom is -0.295 e. The maximum atomic E-state index is 12.1. The van der Waals surface area contributed by atoms with E-state index in [9.17, 15) is 13.2 Å². The summed E-state index contributed by atoms with van der Waals surface area (Å²) < 4.78 is 36.4. The molecule has 0 aromatic carbocycles. The molecule has 0 heterocycles. The van der Waals surface area contributed by atoms with Gasteiger partial charge in [-0.2, -0.15) is 13.2 Å². The van der Waals surface area contributed by atoms with E-state index in [0.29, 0.717) is 13.1 Å². The Kier molecular flexibility index (Phi) is 3.86. The number of nitrogens with zero attached hydrogens (tertiary/aromatic N) is 1. The second-order valence-electron chi connectivity index (χ2n) is 4.05. The minimum absolute atomic E-state index is 0.126. The van der Waals surface area contributed by atoms with Crippen molar-refractivity contribution in [2.24, 2.45) is 5.41 Å². The minimum atomic E-state index is -4.07. The first kappa shape index (κ1) is 12.3. The van der Waals surface area contributed by atoms with Gasteiger partial charge < -0.3 is 0 Å². The van der Waals surface area contributed by atoms with Crippen molar-refractivity contribution in [3.05, 3.63) is 0 Å². The molecule has 0 aromatic rings. The van der Waals surface area contributed by atoms with Crippen LogP contribution in [0.25, 0.3) is 0 Å². The molecule has 0 aromatic heterocycles. The van der Waals surface area contributed by atoms with E-state index in [-0.39, 0.29) is 5.41 Å². The van der Waals surface area contributed by atoms with Crippen molar-refractivity contribution in [1.29, 1.82) is 0 Å². The molecule has 0 saturated heterocycles. The van der Waals surface area contributed by atoms with Crippen LogP contribution in [0.1, 0.15) is 19.8 Å². The molecule has 14 heavy (non-hydrogen) atoms. The Balaban J connectivity index is 2.39. The Morgan fingerprint density at radius 1 is 1.36 bits per heavy atom. The zero-order chi connectivity index (χ0) is 10.8. The number of hydrogen-bond acceptors (Lipinski definition) is 1. The summed E-state index contributed by atoms with van der Waals surface area (Å²) in [5.41, 5.74) is 0.126. The van der Waals surface area contributed by atoms with Crippen molar-refractivity contribution < 1.29 is 13.2 Å². The van der Waals surface area contributed by atoms with Crippen LogP contribution in [-0.2, 0) is 0 Å². The molecule has 0 bridgehead atoms. The Bertz CT molecular complexity index is 189. The second kappa shape index (κ2) is 4.39. The molecule has 84 valence electrons. The van der Waals surface area contributed by atoms with Crippen LogP contribution in [-0.4, -0.2) is 36.0 Å². The lowest BCUT2D eigenvalue weighted by molar-refractivity contribution is -0.146. The summed E-state index contributed by atoms with van der Waals surface area (Å²) in [4.78, 5) is 1.48. The van der Waals surface area contributed by atoms with Gasteiger partial charge in [0.15, 0.2) is 0 Å². The number of alkyl halides is 4. The third-order valence-electron chi connectivity index (χ3n) is 2.65. The van der Waals surface area contributed by atoms with Crippen molar-refractivity contribution in [1.82, 2.24) is 4.90 Å². The highest BCUT2D eigenvalue weighted by Gasteiger charge is 2.44. The Hall–Kier alpha value is 0.230. The SMILES string of the molecule is CCN(CC(F)(F)F)CC1(CBr)CC1. The molecule has 0 N–H and O–H groups in total. The van der Waals surface area contributed by atoms with Crippen molar-refractivity contribution in [2.75, 3.05) is 25.0 Å². The second-order valence-corrected chi connectivity index (χ2v) is 4.61. The van der Waals surface area contributed by atoms with E-state index in [2.05, 4.69) is 15.9 Å². The highest BCUT2D eigenvalue weighted by molar-refractivity contribution is 9.09. The van der Waals surface area contributed by atoms with Crippen molar-refractivity contribution >= 4 is 15.9 Å². The maximum absolute atomic E-state index is 12.1. The molecule has 0 radical (unpaired) electrons. The summed E-state index contributed by atoms with van der Waals surface area (Å²) in [5.74, 6) is 0. The molecular formula is C9H15BrF3N. The van der Waals surface area contributed by atoms with Crippen LogP contribution in [0, 0.1) is 5.41 Å². The molecule has 1 aliphatic carbocycles. The fourth-order valence-electron chi connectivity index (χ4n) is 1.52. The normalized spacial score (nSPS) is 20.1. The van der Waals surface area contributed by atoms with E-state index in [0.717, 1.165) is 18.2 Å². The first-order valence-corrected chi connectivity index (χ1v) is 5.88. The average molecular weight is 274 g/mol. The molecule has 1 fully saturated rings. The van der Waals surface area contributed by atoms with Crippen LogP contribution < -0.4 is 0 Å². The van der Waals surface area contributed by atoms with Gasteiger partial charge in [-0.05, 0) is 24.8 Å². The molecule has 5 heteroatoms. The summed E-state index contributed by atoms with van der Waals surface area (Å²) in [5, 5.41) is 0.814. The summed E-state index contributed by atoms with van der Waals surface area (Å²) in [6.07, 6.45) is -1.97. The van der Waals surface area contributed by atoms with Gasteiger partial charge in [-0.1, -0.05) is 22.9 Å². The van der Waals surface area contributed by atoms with Crippen LogP contribution >= 0.6 is 15.9 Å². The topological polar surface area (TPSA) is 3.24 Å². The number of rotatable bonds is 5. The van der Waals surface area contributed by atoms with Gasteiger partial charge in [-0.15, -0.1) is 0 Å². The van der Waals surface area contributed by atoms with Gasteiger partial charge in [0, 0.05) is 11.9 Å². The quantitative estimate of drug-likeness (QED) is 0.696. The van der Waals surface area contributed by atoms with E-state index in [1.54, 1.807) is 6.92 Å². The van der Waals surface area contributed by atoms with Crippen molar-refractivity contribution in [3.8, 4) is 0 Å². The number of halogens is 4. The summed E-state index contributed by atoms with van der Waals surface area (Å²) in [6.45, 7) is 2.02. The monoisotopic (exact) mass is 273 g/mol. The lowest BCUT2D eigenvalue weighted by atomic mass is 10.1. The first-order valence-electron chi connectivity index (χ1n) is 4.76. The highest BCUT2D eigenvalue weighted by atomic mass is 79.9. The van der Waals surface area contributed by atoms with E-state index in [1.807, 2.05) is 0 Å². The standard InChI is InChI=1S/C9H15BrF3N/c1-2-14(7-9(11,12)13)6-8(5-10)3-4-8/h2-7H2,1H3. The van der Waals surface area contributed by atoms with E-state index >= 15 is 0 Å². The van der Waals surface area contributed by atoms with Gasteiger partial charge >= 0.3 is 6.18 Å². The Morgan fingerprint density at radius 3 is 2.21 bits per heavy atom. The number of hydrogen-bond donors (Lipinski definition) is 0. The molecule has 0 unspecified atom stereocenters. The fraction of sp³-hybridized carbons (Fsp3) is 1.00. The van der Waals surface area contributed by atoms with Crippen LogP contribution in [0.15, 0.2) is 0 Å². The van der Waals surface area contributed by atoms with Gasteiger partial charge in [0.05, 0.1) is 6.54 Å². The molecule has 1 rings (SSSR count). The lowest BCUT2D eigenvalue weighted by Crippen LogP contribution is -2.38. The van der Waals surface area contributed by atoms with E-state index in [1.165, 1.54) is 4.90 Å². The average Bonchev–Trinajstić information content (AvgIpc) is 2.82. The van der Waals surface area contributed by atoms with Crippen LogP contribution in [0.5, 0.6) is 0 Å². The third kappa shape index (κ3) is 3.77. The Morgan fingerprint density at radius 2 is 1.93 bits per heavy atom. The first-order chi connectivity index (χ1) is 6.41. The largest absolute Gasteiger partial charge is 0.401 e. The zero-order valence-corrected chi connectivity index (χ0v) is 9.79. The molecule has 0 aliphatic heterocycles. The van der Waals surface area contributed by atoms with Gasteiger partial charge in [0.25, 0.3) is 0 Å². The zero-order valence-electron chi connectivity index (χ0n) is 8.20. The summed E-state index contributed by atoms with van der Waals surface area (Å²) in [7, 11) is 0. The molecule has 0 amide bonds. The van der Waals surface area contributed by atoms with Gasteiger partial charge in [0.2, 0.25) is 0 Å². The van der Waals surface area contributed by atoms with E-state index in [4.69, 9.17) is 0 Å². The lowest BCUT2D eigenvalue weighted by Gasteiger charge is -2.25. The highest BCUT2D eigenvalue weighted by Crippen LogP contribution is 2.47. The Labute approximate surface area is 90.8 Å². The van der Waals surface area contributed by atoms with Crippen LogP contribution in [0.4, 0.5) is 13.2 Å². The van der Waals surface area contributed by atoms with Crippen molar-refractivity contribution in [2.45, 2.75) is 25.9 Å². The van der Waals surface area contributed by atoms with Crippen LogP contribution in [0.2, 0.25) is 0 Å². The molecule has 1 saturated carbocycles. The molecular weight excluding hydrogens is 259 g/mol. The van der Waals surface area contributed by atoms with Gasteiger partial charge in [0.1, 0.15) is 0 Å². The van der Waals surface area contributed by atoms with Crippen LogP contribution in [0.3, 0.4) is 0 Å². The molecule has 0 spiro atoms. The fourth-order valence-corrected chi connectivity index (χ4v) is 2.26. The third-order valence-corrected chi connectivity index (χ3v) is 3.84. The predicted octanol–water partition coefficient (Wildman–Crippen LogP) is 3.05. The van der Waals surface area contributed by atoms with Crippen molar-refractivity contribution in [3.63, 3.8) is 0 Å². The van der Waals surface area contributed by atoms with Gasteiger partial charge in [-0.3, -0.25) is 4.90 Å². The molecule has 1 nitrogen and oxygen atoms in total. The maximum Gasteiger partial charge on any atom is 0.401 e. The molecule has 0 atom stereocenters. The van der Waals surface area contributed by atoms with Gasteiger partial charge in [-0.25, -0.2) is 0 Å². The summed E-state index contributed by atoms with van der Waals surface area (Å²) in [6, 6.07) is 0. The summed E-state index contributed by atoms with van der Waals surface area (Å²) >= 11 is 3.36. The van der Waals surface area contributed by atoms with E-state index < -0.39 is 12.7 Å². The smallest absolute Gasteiger partial charge is 0.295 e.